The minimum absolute atomic E-state index is 0.320. The van der Waals surface area contributed by atoms with Crippen LogP contribution in [0.2, 0.25) is 0 Å². The first-order chi connectivity index (χ1) is 9.69. The van der Waals surface area contributed by atoms with Gasteiger partial charge in [0, 0.05) is 17.6 Å². The lowest BCUT2D eigenvalue weighted by Gasteiger charge is -2.15. The molecule has 1 rings (SSSR count). The fourth-order valence-corrected chi connectivity index (χ4v) is 2.53. The van der Waals surface area contributed by atoms with Crippen LogP contribution in [0.5, 0.6) is 5.75 Å². The van der Waals surface area contributed by atoms with E-state index in [2.05, 4.69) is 41.2 Å². The van der Waals surface area contributed by atoms with Gasteiger partial charge in [-0.25, -0.2) is 0 Å². The van der Waals surface area contributed by atoms with E-state index in [0.717, 1.165) is 16.8 Å². The minimum atomic E-state index is 0.320. The number of hydrogen-bond donors (Lipinski definition) is 1. The lowest BCUT2D eigenvalue weighted by atomic mass is 10.1. The van der Waals surface area contributed by atoms with E-state index in [1.807, 2.05) is 12.1 Å². The Balaban J connectivity index is 2.39. The predicted molar refractivity (Wildman–Crippen MR) is 84.4 cm³/mol. The molecule has 1 atom stereocenters. The molecule has 4 nitrogen and oxygen atoms in total. The van der Waals surface area contributed by atoms with E-state index in [1.165, 1.54) is 5.56 Å². The summed E-state index contributed by atoms with van der Waals surface area (Å²) in [6.45, 7) is 7.52. The van der Waals surface area contributed by atoms with Crippen molar-refractivity contribution in [2.45, 2.75) is 19.9 Å². The summed E-state index contributed by atoms with van der Waals surface area (Å²) in [6.07, 6.45) is 0. The van der Waals surface area contributed by atoms with Gasteiger partial charge in [0.05, 0.1) is 19.8 Å². The lowest BCUT2D eigenvalue weighted by Crippen LogP contribution is -2.18. The van der Waals surface area contributed by atoms with Crippen molar-refractivity contribution < 1.29 is 14.2 Å². The number of ether oxygens (including phenoxy) is 3. The van der Waals surface area contributed by atoms with E-state index in [9.17, 15) is 0 Å². The summed E-state index contributed by atoms with van der Waals surface area (Å²) in [5.74, 6) is 0.847. The Bertz CT molecular complexity index is 387. The summed E-state index contributed by atoms with van der Waals surface area (Å²) in [5.41, 5.74) is 1.23. The molecule has 0 saturated carbocycles. The van der Waals surface area contributed by atoms with Gasteiger partial charge in [0.15, 0.2) is 0 Å². The molecule has 1 unspecified atom stereocenters. The van der Waals surface area contributed by atoms with Crippen LogP contribution in [0, 0.1) is 0 Å². The van der Waals surface area contributed by atoms with Gasteiger partial charge in [0.25, 0.3) is 0 Å². The van der Waals surface area contributed by atoms with E-state index in [1.54, 1.807) is 7.11 Å². The number of halogens is 1. The van der Waals surface area contributed by atoms with Crippen LogP contribution in [0.15, 0.2) is 22.7 Å². The Morgan fingerprint density at radius 3 is 2.60 bits per heavy atom. The molecule has 0 heterocycles. The number of hydrogen-bond acceptors (Lipinski definition) is 4. The highest BCUT2D eigenvalue weighted by molar-refractivity contribution is 9.10. The zero-order valence-corrected chi connectivity index (χ0v) is 14.0. The molecule has 1 N–H and O–H groups in total. The molecule has 0 aromatic heterocycles. The Morgan fingerprint density at radius 1 is 1.20 bits per heavy atom. The van der Waals surface area contributed by atoms with E-state index in [0.29, 0.717) is 32.5 Å². The Hall–Kier alpha value is -0.620. The first-order valence-electron chi connectivity index (χ1n) is 6.91. The molecule has 0 spiro atoms. The van der Waals surface area contributed by atoms with Crippen LogP contribution in [-0.4, -0.2) is 40.1 Å². The average molecular weight is 346 g/mol. The van der Waals surface area contributed by atoms with Crippen molar-refractivity contribution >= 4 is 15.9 Å². The first kappa shape index (κ1) is 17.4. The van der Waals surface area contributed by atoms with Crippen LogP contribution in [-0.2, 0) is 9.47 Å². The zero-order valence-electron chi connectivity index (χ0n) is 12.4. The van der Waals surface area contributed by atoms with E-state index < -0.39 is 0 Å². The summed E-state index contributed by atoms with van der Waals surface area (Å²) >= 11 is 3.59. The quantitative estimate of drug-likeness (QED) is 0.661. The minimum Gasteiger partial charge on any atom is -0.491 e. The Morgan fingerprint density at radius 2 is 1.95 bits per heavy atom. The second-order valence-electron chi connectivity index (χ2n) is 4.42. The molecule has 1 aromatic rings. The SMILES string of the molecule is CCNC(C)c1ccc(OCCOCCOC)cc1Br. The highest BCUT2D eigenvalue weighted by Gasteiger charge is 2.09. The largest absolute Gasteiger partial charge is 0.491 e. The molecular formula is C15H24BrNO3. The molecule has 0 radical (unpaired) electrons. The zero-order chi connectivity index (χ0) is 14.8. The molecule has 0 aliphatic rings. The van der Waals surface area contributed by atoms with Crippen molar-refractivity contribution in [1.29, 1.82) is 0 Å². The van der Waals surface area contributed by atoms with Crippen LogP contribution in [0.1, 0.15) is 25.5 Å². The molecule has 1 aromatic carbocycles. The third-order valence-corrected chi connectivity index (χ3v) is 3.56. The number of rotatable bonds is 10. The smallest absolute Gasteiger partial charge is 0.120 e. The summed E-state index contributed by atoms with van der Waals surface area (Å²) in [4.78, 5) is 0. The molecule has 0 aliphatic heterocycles. The lowest BCUT2D eigenvalue weighted by molar-refractivity contribution is 0.0544. The molecule has 0 saturated heterocycles. The van der Waals surface area contributed by atoms with E-state index in [4.69, 9.17) is 14.2 Å². The molecular weight excluding hydrogens is 322 g/mol. The highest BCUT2D eigenvalue weighted by atomic mass is 79.9. The van der Waals surface area contributed by atoms with Crippen LogP contribution in [0.3, 0.4) is 0 Å². The van der Waals surface area contributed by atoms with Crippen molar-refractivity contribution in [2.24, 2.45) is 0 Å². The van der Waals surface area contributed by atoms with Gasteiger partial charge in [-0.05, 0) is 31.2 Å². The summed E-state index contributed by atoms with van der Waals surface area (Å²) in [6, 6.07) is 6.39. The summed E-state index contributed by atoms with van der Waals surface area (Å²) in [5, 5.41) is 3.39. The molecule has 0 bridgehead atoms. The van der Waals surface area contributed by atoms with Gasteiger partial charge in [0.2, 0.25) is 0 Å². The van der Waals surface area contributed by atoms with Crippen LogP contribution in [0.4, 0.5) is 0 Å². The van der Waals surface area contributed by atoms with Crippen molar-refractivity contribution in [1.82, 2.24) is 5.32 Å². The summed E-state index contributed by atoms with van der Waals surface area (Å²) in [7, 11) is 1.66. The Labute approximate surface area is 129 Å². The highest BCUT2D eigenvalue weighted by Crippen LogP contribution is 2.27. The second-order valence-corrected chi connectivity index (χ2v) is 5.27. The standard InChI is InChI=1S/C15H24BrNO3/c1-4-17-12(2)14-6-5-13(11-15(14)16)20-10-9-19-8-7-18-3/h5-6,11-12,17H,4,7-10H2,1-3H3. The Kier molecular flexibility index (Phi) is 8.85. The van der Waals surface area contributed by atoms with Gasteiger partial charge in [-0.3, -0.25) is 0 Å². The molecule has 5 heteroatoms. The van der Waals surface area contributed by atoms with Gasteiger partial charge < -0.3 is 19.5 Å². The topological polar surface area (TPSA) is 39.7 Å². The number of benzene rings is 1. The maximum Gasteiger partial charge on any atom is 0.120 e. The van der Waals surface area contributed by atoms with Gasteiger partial charge in [-0.2, -0.15) is 0 Å². The van der Waals surface area contributed by atoms with Crippen LogP contribution < -0.4 is 10.1 Å². The average Bonchev–Trinajstić information content (AvgIpc) is 2.43. The van der Waals surface area contributed by atoms with Crippen LogP contribution in [0.25, 0.3) is 0 Å². The molecule has 20 heavy (non-hydrogen) atoms. The first-order valence-corrected chi connectivity index (χ1v) is 7.70. The second kappa shape index (κ2) is 10.2. The van der Waals surface area contributed by atoms with E-state index in [-0.39, 0.29) is 0 Å². The third kappa shape index (κ3) is 6.22. The number of nitrogens with one attached hydrogen (secondary N) is 1. The van der Waals surface area contributed by atoms with Crippen molar-refractivity contribution in [3.8, 4) is 5.75 Å². The van der Waals surface area contributed by atoms with Crippen molar-refractivity contribution in [3.05, 3.63) is 28.2 Å². The fraction of sp³-hybridized carbons (Fsp3) is 0.600. The molecule has 114 valence electrons. The van der Waals surface area contributed by atoms with Crippen molar-refractivity contribution in [2.75, 3.05) is 40.1 Å². The predicted octanol–water partition coefficient (Wildman–Crippen LogP) is 3.16. The van der Waals surface area contributed by atoms with Gasteiger partial charge in [-0.15, -0.1) is 0 Å². The normalized spacial score (nSPS) is 12.4. The number of methoxy groups -OCH3 is 1. The molecule has 0 fully saturated rings. The van der Waals surface area contributed by atoms with Gasteiger partial charge >= 0.3 is 0 Å². The monoisotopic (exact) mass is 345 g/mol. The van der Waals surface area contributed by atoms with Gasteiger partial charge in [0.1, 0.15) is 12.4 Å². The van der Waals surface area contributed by atoms with E-state index >= 15 is 0 Å². The van der Waals surface area contributed by atoms with Crippen molar-refractivity contribution in [3.63, 3.8) is 0 Å². The maximum absolute atomic E-state index is 5.65. The molecule has 0 aliphatic carbocycles. The summed E-state index contributed by atoms with van der Waals surface area (Å²) < 4.78 is 17.0. The van der Waals surface area contributed by atoms with Crippen LogP contribution >= 0.6 is 15.9 Å². The third-order valence-electron chi connectivity index (χ3n) is 2.88. The molecule has 0 amide bonds. The fourth-order valence-electron chi connectivity index (χ4n) is 1.83. The van der Waals surface area contributed by atoms with Gasteiger partial charge in [-0.1, -0.05) is 28.9 Å². The maximum atomic E-state index is 5.65.